The highest BCUT2D eigenvalue weighted by Gasteiger charge is 2.29. The Morgan fingerprint density at radius 1 is 1.64 bits per heavy atom. The van der Waals surface area contributed by atoms with E-state index in [0.29, 0.717) is 6.04 Å². The summed E-state index contributed by atoms with van der Waals surface area (Å²) in [6.07, 6.45) is 6.61. The zero-order valence-corrected chi connectivity index (χ0v) is 8.90. The van der Waals surface area contributed by atoms with Crippen molar-refractivity contribution in [3.8, 4) is 0 Å². The van der Waals surface area contributed by atoms with Crippen molar-refractivity contribution in [1.82, 2.24) is 20.1 Å². The van der Waals surface area contributed by atoms with Gasteiger partial charge in [-0.1, -0.05) is 0 Å². The van der Waals surface area contributed by atoms with Crippen molar-refractivity contribution in [3.05, 3.63) is 12.2 Å². The van der Waals surface area contributed by atoms with Gasteiger partial charge in [0.25, 0.3) is 0 Å². The van der Waals surface area contributed by atoms with E-state index in [-0.39, 0.29) is 0 Å². The Morgan fingerprint density at radius 3 is 2.93 bits per heavy atom. The second-order valence-electron chi connectivity index (χ2n) is 4.07. The predicted octanol–water partition coefficient (Wildman–Crippen LogP) is 0.746. The van der Waals surface area contributed by atoms with Crippen LogP contribution in [0, 0.1) is 5.92 Å². The van der Waals surface area contributed by atoms with Gasteiger partial charge in [-0.2, -0.15) is 5.10 Å². The fourth-order valence-corrected chi connectivity index (χ4v) is 1.95. The second kappa shape index (κ2) is 4.09. The molecule has 0 bridgehead atoms. The summed E-state index contributed by atoms with van der Waals surface area (Å²) in [5, 5.41) is 7.45. The topological polar surface area (TPSA) is 42.7 Å². The summed E-state index contributed by atoms with van der Waals surface area (Å²) in [4.78, 5) is 4.23. The lowest BCUT2D eigenvalue weighted by atomic mass is 10.1. The average molecular weight is 194 g/mol. The van der Waals surface area contributed by atoms with E-state index in [9.17, 15) is 0 Å². The monoisotopic (exact) mass is 194 g/mol. The molecule has 1 heterocycles. The molecular formula is C10H18N4. The normalized spacial score (nSPS) is 18.4. The summed E-state index contributed by atoms with van der Waals surface area (Å²) in [6.45, 7) is 0. The van der Waals surface area contributed by atoms with E-state index in [1.54, 1.807) is 6.33 Å². The number of aromatic nitrogens is 3. The van der Waals surface area contributed by atoms with Crippen LogP contribution >= 0.6 is 0 Å². The van der Waals surface area contributed by atoms with Crippen LogP contribution in [0.4, 0.5) is 0 Å². The van der Waals surface area contributed by atoms with Gasteiger partial charge in [0.1, 0.15) is 12.2 Å². The maximum absolute atomic E-state index is 4.23. The summed E-state index contributed by atoms with van der Waals surface area (Å²) in [5.74, 6) is 2.00. The lowest BCUT2D eigenvalue weighted by Gasteiger charge is -2.14. The van der Waals surface area contributed by atoms with Crippen molar-refractivity contribution in [1.29, 1.82) is 0 Å². The van der Waals surface area contributed by atoms with Crippen LogP contribution in [0.2, 0.25) is 0 Å². The molecule has 1 N–H and O–H groups in total. The molecule has 1 fully saturated rings. The molecule has 1 atom stereocenters. The van der Waals surface area contributed by atoms with Crippen LogP contribution in [-0.4, -0.2) is 27.9 Å². The van der Waals surface area contributed by atoms with Gasteiger partial charge < -0.3 is 5.32 Å². The van der Waals surface area contributed by atoms with E-state index in [2.05, 4.69) is 22.4 Å². The van der Waals surface area contributed by atoms with Crippen LogP contribution in [0.1, 0.15) is 25.1 Å². The van der Waals surface area contributed by atoms with Gasteiger partial charge in [-0.05, 0) is 32.2 Å². The molecule has 1 aromatic heterocycles. The first-order valence-corrected chi connectivity index (χ1v) is 5.31. The summed E-state index contributed by atoms with van der Waals surface area (Å²) in [5.41, 5.74) is 0. The zero-order chi connectivity index (χ0) is 9.97. The van der Waals surface area contributed by atoms with Crippen molar-refractivity contribution in [2.24, 2.45) is 13.0 Å². The molecule has 78 valence electrons. The minimum Gasteiger partial charge on any atom is -0.317 e. The Labute approximate surface area is 84.7 Å². The lowest BCUT2D eigenvalue weighted by molar-refractivity contribution is 0.461. The van der Waals surface area contributed by atoms with Gasteiger partial charge in [0.2, 0.25) is 0 Å². The van der Waals surface area contributed by atoms with Gasteiger partial charge in [0, 0.05) is 19.5 Å². The third-order valence-electron chi connectivity index (χ3n) is 3.05. The fraction of sp³-hybridized carbons (Fsp3) is 0.800. The highest BCUT2D eigenvalue weighted by atomic mass is 15.3. The standard InChI is InChI=1S/C10H18N4/c1-11-9(8-3-4-8)5-6-10-12-7-13-14(10)2/h7-9,11H,3-6H2,1-2H3. The van der Waals surface area contributed by atoms with Crippen LogP contribution in [0.3, 0.4) is 0 Å². The molecule has 0 spiro atoms. The van der Waals surface area contributed by atoms with Gasteiger partial charge in [-0.3, -0.25) is 4.68 Å². The second-order valence-corrected chi connectivity index (χ2v) is 4.07. The van der Waals surface area contributed by atoms with E-state index < -0.39 is 0 Å². The molecular weight excluding hydrogens is 176 g/mol. The molecule has 0 radical (unpaired) electrons. The zero-order valence-electron chi connectivity index (χ0n) is 8.90. The first-order valence-electron chi connectivity index (χ1n) is 5.31. The number of rotatable bonds is 5. The summed E-state index contributed by atoms with van der Waals surface area (Å²) >= 11 is 0. The molecule has 4 heteroatoms. The molecule has 0 saturated heterocycles. The molecule has 14 heavy (non-hydrogen) atoms. The van der Waals surface area contributed by atoms with Crippen LogP contribution < -0.4 is 5.32 Å². The third-order valence-corrected chi connectivity index (χ3v) is 3.05. The number of hydrogen-bond acceptors (Lipinski definition) is 3. The van der Waals surface area contributed by atoms with Gasteiger partial charge in [-0.15, -0.1) is 0 Å². The quantitative estimate of drug-likeness (QED) is 0.752. The Kier molecular flexibility index (Phi) is 2.82. The molecule has 1 saturated carbocycles. The Hall–Kier alpha value is -0.900. The summed E-state index contributed by atoms with van der Waals surface area (Å²) < 4.78 is 1.86. The molecule has 1 unspecified atom stereocenters. The molecule has 1 aromatic rings. The smallest absolute Gasteiger partial charge is 0.138 e. The molecule has 4 nitrogen and oxygen atoms in total. The van der Waals surface area contributed by atoms with Gasteiger partial charge in [0.15, 0.2) is 0 Å². The molecule has 0 aromatic carbocycles. The maximum Gasteiger partial charge on any atom is 0.138 e. The maximum atomic E-state index is 4.23. The number of aryl methyl sites for hydroxylation is 2. The van der Waals surface area contributed by atoms with E-state index in [4.69, 9.17) is 0 Å². The van der Waals surface area contributed by atoms with E-state index >= 15 is 0 Å². The van der Waals surface area contributed by atoms with Crippen LogP contribution in [0.5, 0.6) is 0 Å². The van der Waals surface area contributed by atoms with Crippen molar-refractivity contribution >= 4 is 0 Å². The van der Waals surface area contributed by atoms with Crippen LogP contribution in [0.25, 0.3) is 0 Å². The number of hydrogen-bond donors (Lipinski definition) is 1. The molecule has 0 amide bonds. The SMILES string of the molecule is CNC(CCc1ncnn1C)C1CC1. The summed E-state index contributed by atoms with van der Waals surface area (Å²) in [6, 6.07) is 0.673. The van der Waals surface area contributed by atoms with Crippen molar-refractivity contribution in [3.63, 3.8) is 0 Å². The van der Waals surface area contributed by atoms with Crippen molar-refractivity contribution in [2.45, 2.75) is 31.7 Å². The average Bonchev–Trinajstić information content (AvgIpc) is 2.93. The van der Waals surface area contributed by atoms with Gasteiger partial charge in [0.05, 0.1) is 0 Å². The van der Waals surface area contributed by atoms with Gasteiger partial charge >= 0.3 is 0 Å². The first-order chi connectivity index (χ1) is 6.81. The molecule has 1 aliphatic rings. The van der Waals surface area contributed by atoms with Crippen molar-refractivity contribution in [2.75, 3.05) is 7.05 Å². The lowest BCUT2D eigenvalue weighted by Crippen LogP contribution is -2.28. The van der Waals surface area contributed by atoms with Gasteiger partial charge in [-0.25, -0.2) is 4.98 Å². The molecule has 0 aliphatic heterocycles. The van der Waals surface area contributed by atoms with E-state index in [1.165, 1.54) is 19.3 Å². The minimum atomic E-state index is 0.673. The van der Waals surface area contributed by atoms with Crippen LogP contribution in [0.15, 0.2) is 6.33 Å². The molecule has 2 rings (SSSR count). The number of nitrogens with zero attached hydrogens (tertiary/aromatic N) is 3. The van der Waals surface area contributed by atoms with E-state index in [0.717, 1.165) is 18.2 Å². The van der Waals surface area contributed by atoms with Crippen LogP contribution in [-0.2, 0) is 13.5 Å². The van der Waals surface area contributed by atoms with E-state index in [1.807, 2.05) is 11.7 Å². The largest absolute Gasteiger partial charge is 0.317 e. The first kappa shape index (κ1) is 9.65. The number of nitrogens with one attached hydrogen (secondary N) is 1. The highest BCUT2D eigenvalue weighted by Crippen LogP contribution is 2.34. The highest BCUT2D eigenvalue weighted by molar-refractivity contribution is 4.90. The fourth-order valence-electron chi connectivity index (χ4n) is 1.95. The van der Waals surface area contributed by atoms with Crippen molar-refractivity contribution < 1.29 is 0 Å². The Balaban J connectivity index is 1.83. The predicted molar refractivity (Wildman–Crippen MR) is 54.9 cm³/mol. The summed E-state index contributed by atoms with van der Waals surface area (Å²) in [7, 11) is 4.01. The minimum absolute atomic E-state index is 0.673. The third kappa shape index (κ3) is 2.12. The Morgan fingerprint density at radius 2 is 2.43 bits per heavy atom. The Bertz CT molecular complexity index is 290. The molecule has 1 aliphatic carbocycles.